The van der Waals surface area contributed by atoms with E-state index in [2.05, 4.69) is 0 Å². The summed E-state index contributed by atoms with van der Waals surface area (Å²) in [4.78, 5) is 0. The Balaban J connectivity index is 2.19. The number of hydrogen-bond acceptors (Lipinski definition) is 1. The van der Waals surface area contributed by atoms with Crippen LogP contribution in [0.15, 0.2) is 18.2 Å². The van der Waals surface area contributed by atoms with Crippen molar-refractivity contribution in [3.8, 4) is 0 Å². The van der Waals surface area contributed by atoms with Crippen LogP contribution in [-0.4, -0.2) is 13.2 Å². The molecular formula is C13H17FO. The molecule has 1 aliphatic heterocycles. The molecule has 0 amide bonds. The van der Waals surface area contributed by atoms with Crippen molar-refractivity contribution in [2.45, 2.75) is 32.1 Å². The molecule has 1 saturated heterocycles. The molecular weight excluding hydrogens is 191 g/mol. The second kappa shape index (κ2) is 4.75. The van der Waals surface area contributed by atoms with E-state index in [0.717, 1.165) is 43.6 Å². The molecule has 0 spiro atoms. The van der Waals surface area contributed by atoms with Gasteiger partial charge in [-0.1, -0.05) is 19.1 Å². The zero-order valence-corrected chi connectivity index (χ0v) is 9.13. The highest BCUT2D eigenvalue weighted by Gasteiger charge is 2.18. The van der Waals surface area contributed by atoms with Gasteiger partial charge in [0.1, 0.15) is 5.82 Å². The van der Waals surface area contributed by atoms with Gasteiger partial charge in [-0.25, -0.2) is 4.39 Å². The van der Waals surface area contributed by atoms with E-state index in [1.54, 1.807) is 6.07 Å². The summed E-state index contributed by atoms with van der Waals surface area (Å²) < 4.78 is 19.1. The van der Waals surface area contributed by atoms with Crippen LogP contribution in [0.1, 0.15) is 36.8 Å². The minimum absolute atomic E-state index is 0.0405. The standard InChI is InChI=1S/C13H17FO/c1-2-10-3-4-12(13(14)9-10)11-5-7-15-8-6-11/h3-4,9,11H,2,5-8H2,1H3. The molecule has 0 atom stereocenters. The molecule has 1 nitrogen and oxygen atoms in total. The molecule has 82 valence electrons. The van der Waals surface area contributed by atoms with Crippen LogP contribution in [0, 0.1) is 5.82 Å². The van der Waals surface area contributed by atoms with Crippen molar-refractivity contribution in [1.82, 2.24) is 0 Å². The van der Waals surface area contributed by atoms with Gasteiger partial charge in [-0.2, -0.15) is 0 Å². The van der Waals surface area contributed by atoms with Crippen molar-refractivity contribution in [3.63, 3.8) is 0 Å². The predicted octanol–water partition coefficient (Wildman–Crippen LogP) is 3.28. The van der Waals surface area contributed by atoms with Gasteiger partial charge < -0.3 is 4.74 Å². The molecule has 0 radical (unpaired) electrons. The maximum Gasteiger partial charge on any atom is 0.126 e. The molecule has 0 unspecified atom stereocenters. The Bertz CT molecular complexity index is 329. The number of benzene rings is 1. The third-order valence-corrected chi connectivity index (χ3v) is 3.13. The monoisotopic (exact) mass is 208 g/mol. The molecule has 0 N–H and O–H groups in total. The third kappa shape index (κ3) is 2.37. The first-order valence-corrected chi connectivity index (χ1v) is 5.67. The lowest BCUT2D eigenvalue weighted by Crippen LogP contribution is -2.15. The first-order valence-electron chi connectivity index (χ1n) is 5.67. The van der Waals surface area contributed by atoms with Gasteiger partial charge in [0.05, 0.1) is 0 Å². The molecule has 1 aliphatic rings. The molecule has 0 saturated carbocycles. The van der Waals surface area contributed by atoms with Gasteiger partial charge in [-0.15, -0.1) is 0 Å². The fourth-order valence-electron chi connectivity index (χ4n) is 2.13. The average molecular weight is 208 g/mol. The Kier molecular flexibility index (Phi) is 3.37. The van der Waals surface area contributed by atoms with Gasteiger partial charge in [0.2, 0.25) is 0 Å². The Morgan fingerprint density at radius 2 is 2.07 bits per heavy atom. The van der Waals surface area contributed by atoms with E-state index in [4.69, 9.17) is 4.74 Å². The van der Waals surface area contributed by atoms with Crippen molar-refractivity contribution in [3.05, 3.63) is 35.1 Å². The summed E-state index contributed by atoms with van der Waals surface area (Å²) in [6.07, 6.45) is 2.79. The van der Waals surface area contributed by atoms with E-state index in [0.29, 0.717) is 5.92 Å². The fraction of sp³-hybridized carbons (Fsp3) is 0.538. The SMILES string of the molecule is CCc1ccc(C2CCOCC2)c(F)c1. The van der Waals surface area contributed by atoms with Gasteiger partial charge in [0, 0.05) is 13.2 Å². The van der Waals surface area contributed by atoms with E-state index in [9.17, 15) is 4.39 Å². The minimum Gasteiger partial charge on any atom is -0.381 e. The summed E-state index contributed by atoms with van der Waals surface area (Å²) in [7, 11) is 0. The van der Waals surface area contributed by atoms with E-state index in [1.165, 1.54) is 0 Å². The molecule has 2 heteroatoms. The van der Waals surface area contributed by atoms with Gasteiger partial charge in [-0.3, -0.25) is 0 Å². The maximum absolute atomic E-state index is 13.8. The maximum atomic E-state index is 13.8. The summed E-state index contributed by atoms with van der Waals surface area (Å²) in [5.74, 6) is 0.311. The van der Waals surface area contributed by atoms with Crippen LogP contribution in [0.5, 0.6) is 0 Å². The van der Waals surface area contributed by atoms with Crippen LogP contribution < -0.4 is 0 Å². The minimum atomic E-state index is -0.0405. The zero-order chi connectivity index (χ0) is 10.7. The van der Waals surface area contributed by atoms with E-state index in [1.807, 2.05) is 19.1 Å². The first-order chi connectivity index (χ1) is 7.31. The largest absolute Gasteiger partial charge is 0.381 e. The van der Waals surface area contributed by atoms with Gasteiger partial charge in [0.25, 0.3) is 0 Å². The summed E-state index contributed by atoms with van der Waals surface area (Å²) >= 11 is 0. The highest BCUT2D eigenvalue weighted by Crippen LogP contribution is 2.29. The molecule has 1 heterocycles. The molecule has 15 heavy (non-hydrogen) atoms. The molecule has 0 aliphatic carbocycles. The summed E-state index contributed by atoms with van der Waals surface area (Å²) in [5, 5.41) is 0. The number of aryl methyl sites for hydroxylation is 1. The van der Waals surface area contributed by atoms with E-state index in [-0.39, 0.29) is 5.82 Å². The van der Waals surface area contributed by atoms with Crippen molar-refractivity contribution < 1.29 is 9.13 Å². The van der Waals surface area contributed by atoms with Gasteiger partial charge >= 0.3 is 0 Å². The zero-order valence-electron chi connectivity index (χ0n) is 9.13. The normalized spacial score (nSPS) is 18.0. The molecule has 1 fully saturated rings. The van der Waals surface area contributed by atoms with Crippen molar-refractivity contribution >= 4 is 0 Å². The number of rotatable bonds is 2. The Labute approximate surface area is 90.3 Å². The third-order valence-electron chi connectivity index (χ3n) is 3.13. The second-order valence-corrected chi connectivity index (χ2v) is 4.10. The predicted molar refractivity (Wildman–Crippen MR) is 58.6 cm³/mol. The Morgan fingerprint density at radius 1 is 1.33 bits per heavy atom. The van der Waals surface area contributed by atoms with Crippen LogP contribution in [0.4, 0.5) is 4.39 Å². The Morgan fingerprint density at radius 3 is 2.67 bits per heavy atom. The highest BCUT2D eigenvalue weighted by molar-refractivity contribution is 5.27. The summed E-state index contributed by atoms with van der Waals surface area (Å²) in [5.41, 5.74) is 1.94. The summed E-state index contributed by atoms with van der Waals surface area (Å²) in [6.45, 7) is 3.57. The van der Waals surface area contributed by atoms with Crippen LogP contribution in [-0.2, 0) is 11.2 Å². The number of ether oxygens (including phenoxy) is 1. The number of halogens is 1. The van der Waals surface area contributed by atoms with Crippen LogP contribution in [0.3, 0.4) is 0 Å². The average Bonchev–Trinajstić information content (AvgIpc) is 2.30. The molecule has 1 aromatic carbocycles. The topological polar surface area (TPSA) is 9.23 Å². The quantitative estimate of drug-likeness (QED) is 0.724. The molecule has 0 bridgehead atoms. The lowest BCUT2D eigenvalue weighted by atomic mass is 9.90. The first kappa shape index (κ1) is 10.6. The van der Waals surface area contributed by atoms with Crippen molar-refractivity contribution in [1.29, 1.82) is 0 Å². The lowest BCUT2D eigenvalue weighted by Gasteiger charge is -2.22. The van der Waals surface area contributed by atoms with Crippen LogP contribution >= 0.6 is 0 Å². The fourth-order valence-corrected chi connectivity index (χ4v) is 2.13. The summed E-state index contributed by atoms with van der Waals surface area (Å²) in [6, 6.07) is 5.66. The van der Waals surface area contributed by atoms with E-state index >= 15 is 0 Å². The molecule has 0 aromatic heterocycles. The van der Waals surface area contributed by atoms with E-state index < -0.39 is 0 Å². The van der Waals surface area contributed by atoms with Gasteiger partial charge in [-0.05, 0) is 42.4 Å². The molecule has 2 rings (SSSR count). The smallest absolute Gasteiger partial charge is 0.126 e. The van der Waals surface area contributed by atoms with Crippen molar-refractivity contribution in [2.75, 3.05) is 13.2 Å². The van der Waals surface area contributed by atoms with Gasteiger partial charge in [0.15, 0.2) is 0 Å². The lowest BCUT2D eigenvalue weighted by molar-refractivity contribution is 0.0846. The van der Waals surface area contributed by atoms with Crippen LogP contribution in [0.25, 0.3) is 0 Å². The van der Waals surface area contributed by atoms with Crippen molar-refractivity contribution in [2.24, 2.45) is 0 Å². The Hall–Kier alpha value is -0.890. The second-order valence-electron chi connectivity index (χ2n) is 4.10. The highest BCUT2D eigenvalue weighted by atomic mass is 19.1. The number of hydrogen-bond donors (Lipinski definition) is 0. The molecule has 1 aromatic rings. The van der Waals surface area contributed by atoms with Crippen LogP contribution in [0.2, 0.25) is 0 Å².